The summed E-state index contributed by atoms with van der Waals surface area (Å²) < 4.78 is 27.5. The molecule has 5 rings (SSSR count). The molecule has 4 N–H and O–H groups in total. The van der Waals surface area contributed by atoms with E-state index in [1.54, 1.807) is 44.6 Å². The highest BCUT2D eigenvalue weighted by atomic mass is 16.5. The number of nitrogens with one attached hydrogen (secondary N) is 1. The van der Waals surface area contributed by atoms with E-state index in [1.807, 2.05) is 35.2 Å². The Kier molecular flexibility index (Phi) is 8.04. The molecule has 1 aromatic heterocycles. The number of aliphatic hydroxyl groups is 1. The van der Waals surface area contributed by atoms with Gasteiger partial charge in [-0.3, -0.25) is 9.69 Å². The number of nitrogens with zero attached hydrogens (tertiary/aromatic N) is 1. The maximum absolute atomic E-state index is 12.8. The van der Waals surface area contributed by atoms with Gasteiger partial charge in [-0.2, -0.15) is 0 Å². The number of aliphatic hydroxyl groups excluding tert-OH is 1. The van der Waals surface area contributed by atoms with Crippen molar-refractivity contribution in [3.05, 3.63) is 77.1 Å². The number of hydrogen-bond acceptors (Lipinski definition) is 9. The van der Waals surface area contributed by atoms with E-state index in [2.05, 4.69) is 5.32 Å². The van der Waals surface area contributed by atoms with Crippen molar-refractivity contribution in [2.24, 2.45) is 0 Å². The first-order valence-electron chi connectivity index (χ1n) is 13.0. The minimum Gasteiger partial charge on any atom is -0.493 e. The average molecular weight is 560 g/mol. The third-order valence-corrected chi connectivity index (χ3v) is 7.18. The Morgan fingerprint density at radius 3 is 2.29 bits per heavy atom. The maximum atomic E-state index is 12.8. The van der Waals surface area contributed by atoms with Crippen LogP contribution in [0.3, 0.4) is 0 Å². The van der Waals surface area contributed by atoms with Crippen molar-refractivity contribution in [1.29, 1.82) is 0 Å². The minimum absolute atomic E-state index is 0.278. The first-order chi connectivity index (χ1) is 19.8. The fraction of sp³-hybridized carbons (Fsp3) is 0.258. The third-order valence-electron chi connectivity index (χ3n) is 7.18. The zero-order valence-corrected chi connectivity index (χ0v) is 23.4. The Morgan fingerprint density at radius 1 is 0.976 bits per heavy atom. The van der Waals surface area contributed by atoms with Crippen LogP contribution in [0.1, 0.15) is 27.2 Å². The lowest BCUT2D eigenvalue weighted by atomic mass is 10.0. The van der Waals surface area contributed by atoms with E-state index in [1.165, 1.54) is 14.2 Å². The molecule has 1 amide bonds. The number of benzene rings is 3. The molecule has 1 aliphatic rings. The van der Waals surface area contributed by atoms with Crippen molar-refractivity contribution >= 4 is 34.3 Å². The summed E-state index contributed by atoms with van der Waals surface area (Å²) in [5, 5.41) is 14.7. The molecule has 1 atom stereocenters. The number of hydrogen-bond donors (Lipinski definition) is 3. The van der Waals surface area contributed by atoms with Gasteiger partial charge in [-0.25, -0.2) is 0 Å². The van der Waals surface area contributed by atoms with E-state index in [0.29, 0.717) is 41.8 Å². The Labute approximate surface area is 237 Å². The highest BCUT2D eigenvalue weighted by Gasteiger charge is 2.26. The van der Waals surface area contributed by atoms with Crippen LogP contribution in [0.15, 0.2) is 59.0 Å². The second-order valence-electron chi connectivity index (χ2n) is 9.57. The van der Waals surface area contributed by atoms with E-state index < -0.39 is 6.23 Å². The number of rotatable bonds is 9. The van der Waals surface area contributed by atoms with E-state index >= 15 is 0 Å². The second-order valence-corrected chi connectivity index (χ2v) is 9.57. The Morgan fingerprint density at radius 2 is 1.61 bits per heavy atom. The van der Waals surface area contributed by atoms with Crippen LogP contribution < -0.4 is 30.0 Å². The van der Waals surface area contributed by atoms with Crippen LogP contribution >= 0.6 is 0 Å². The summed E-state index contributed by atoms with van der Waals surface area (Å²) in [6.07, 6.45) is 3.51. The van der Waals surface area contributed by atoms with Gasteiger partial charge in [0.2, 0.25) is 0 Å². The summed E-state index contributed by atoms with van der Waals surface area (Å²) >= 11 is 0. The Hall–Kier alpha value is -4.67. The molecule has 0 spiro atoms. The van der Waals surface area contributed by atoms with Crippen LogP contribution in [0.2, 0.25) is 0 Å². The van der Waals surface area contributed by atoms with Gasteiger partial charge in [0.1, 0.15) is 17.6 Å². The van der Waals surface area contributed by atoms with Crippen molar-refractivity contribution in [3.8, 4) is 23.0 Å². The predicted octanol–water partition coefficient (Wildman–Crippen LogP) is 4.69. The van der Waals surface area contributed by atoms with E-state index in [9.17, 15) is 9.90 Å². The highest BCUT2D eigenvalue weighted by molar-refractivity contribution is 6.08. The van der Waals surface area contributed by atoms with Gasteiger partial charge in [0, 0.05) is 41.0 Å². The smallest absolute Gasteiger partial charge is 0.257 e. The van der Waals surface area contributed by atoms with Crippen molar-refractivity contribution in [1.82, 2.24) is 4.90 Å². The predicted molar refractivity (Wildman–Crippen MR) is 157 cm³/mol. The lowest BCUT2D eigenvalue weighted by Gasteiger charge is -2.28. The number of nitrogens with two attached hydrogens (primary N) is 1. The van der Waals surface area contributed by atoms with Gasteiger partial charge in [0.05, 0.1) is 40.5 Å². The number of carbonyl (C=O) groups is 1. The minimum atomic E-state index is -0.798. The van der Waals surface area contributed by atoms with Crippen LogP contribution in [-0.4, -0.2) is 57.1 Å². The van der Waals surface area contributed by atoms with Crippen molar-refractivity contribution in [3.63, 3.8) is 0 Å². The third kappa shape index (κ3) is 5.65. The number of furan rings is 1. The van der Waals surface area contributed by atoms with Crippen LogP contribution in [0.5, 0.6) is 23.0 Å². The van der Waals surface area contributed by atoms with E-state index in [0.717, 1.165) is 34.3 Å². The summed E-state index contributed by atoms with van der Waals surface area (Å²) in [5.41, 5.74) is 9.94. The molecule has 1 unspecified atom stereocenters. The summed E-state index contributed by atoms with van der Waals surface area (Å²) in [6, 6.07) is 14.1. The normalized spacial score (nSPS) is 14.1. The van der Waals surface area contributed by atoms with Gasteiger partial charge in [-0.15, -0.1) is 0 Å². The van der Waals surface area contributed by atoms with Gasteiger partial charge in [-0.1, -0.05) is 18.2 Å². The second kappa shape index (κ2) is 11.8. The molecular formula is C31H33N3O7. The SMILES string of the molecule is COc1cc(N)c(C(=O)Nc2ccc(/C=C/C(O)N3CCc4c(oc5cc(OC)c(OC)cc45)C3)cc2)cc1OC. The van der Waals surface area contributed by atoms with Gasteiger partial charge >= 0.3 is 0 Å². The van der Waals surface area contributed by atoms with E-state index in [-0.39, 0.29) is 17.2 Å². The van der Waals surface area contributed by atoms with Crippen LogP contribution in [-0.2, 0) is 13.0 Å². The molecule has 2 heterocycles. The lowest BCUT2D eigenvalue weighted by Crippen LogP contribution is -2.37. The first-order valence-corrected chi connectivity index (χ1v) is 13.0. The Balaban J connectivity index is 1.23. The molecule has 10 heteroatoms. The van der Waals surface area contributed by atoms with Crippen molar-refractivity contribution < 1.29 is 33.3 Å². The first kappa shape index (κ1) is 27.9. The molecule has 0 saturated carbocycles. The van der Waals surface area contributed by atoms with Gasteiger partial charge < -0.3 is 39.5 Å². The standard InChI is InChI=1S/C31H33N3O7/c1-37-25-13-21-20-11-12-34(17-29(20)41-24(21)16-28(25)40-4)30(35)10-7-18-5-8-19(9-6-18)33-31(36)22-14-26(38-2)27(39-3)15-23(22)32/h5-10,13-16,30,35H,11-12,17,32H2,1-4H3,(H,33,36)/b10-7+. The fourth-order valence-electron chi connectivity index (χ4n) is 4.96. The monoisotopic (exact) mass is 559 g/mol. The summed E-state index contributed by atoms with van der Waals surface area (Å²) in [4.78, 5) is 14.8. The quantitative estimate of drug-likeness (QED) is 0.250. The van der Waals surface area contributed by atoms with Crippen LogP contribution in [0.4, 0.5) is 11.4 Å². The highest BCUT2D eigenvalue weighted by Crippen LogP contribution is 2.38. The molecule has 214 valence electrons. The molecule has 3 aromatic carbocycles. The molecule has 4 aromatic rings. The lowest BCUT2D eigenvalue weighted by molar-refractivity contribution is 0.0271. The summed E-state index contributed by atoms with van der Waals surface area (Å²) in [6.45, 7) is 1.15. The fourth-order valence-corrected chi connectivity index (χ4v) is 4.96. The topological polar surface area (TPSA) is 129 Å². The number of carbonyl (C=O) groups excluding carboxylic acids is 1. The Bertz CT molecular complexity index is 1590. The average Bonchev–Trinajstić information content (AvgIpc) is 3.36. The molecule has 41 heavy (non-hydrogen) atoms. The molecule has 0 saturated heterocycles. The molecule has 0 radical (unpaired) electrons. The number of fused-ring (bicyclic) bond motifs is 3. The summed E-state index contributed by atoms with van der Waals surface area (Å²) in [7, 11) is 6.21. The van der Waals surface area contributed by atoms with Crippen LogP contribution in [0, 0.1) is 0 Å². The molecule has 0 fully saturated rings. The number of methoxy groups -OCH3 is 4. The zero-order valence-electron chi connectivity index (χ0n) is 23.4. The summed E-state index contributed by atoms with van der Waals surface area (Å²) in [5.74, 6) is 2.59. The number of nitrogen functional groups attached to an aromatic ring is 1. The number of ether oxygens (including phenoxy) is 4. The molecule has 10 nitrogen and oxygen atoms in total. The van der Waals surface area contributed by atoms with Crippen LogP contribution in [0.25, 0.3) is 17.0 Å². The zero-order chi connectivity index (χ0) is 29.1. The molecule has 0 bridgehead atoms. The van der Waals surface area contributed by atoms with Gasteiger partial charge in [-0.05, 0) is 42.3 Å². The van der Waals surface area contributed by atoms with Gasteiger partial charge in [0.25, 0.3) is 5.91 Å². The molecule has 1 aliphatic heterocycles. The maximum Gasteiger partial charge on any atom is 0.257 e. The van der Waals surface area contributed by atoms with E-state index in [4.69, 9.17) is 29.1 Å². The molecular weight excluding hydrogens is 526 g/mol. The molecule has 0 aliphatic carbocycles. The van der Waals surface area contributed by atoms with Gasteiger partial charge in [0.15, 0.2) is 23.0 Å². The van der Waals surface area contributed by atoms with Crippen molar-refractivity contribution in [2.75, 3.05) is 46.0 Å². The number of anilines is 2. The largest absolute Gasteiger partial charge is 0.493 e. The number of amides is 1. The van der Waals surface area contributed by atoms with Crippen molar-refractivity contribution in [2.45, 2.75) is 19.2 Å².